The van der Waals surface area contributed by atoms with E-state index in [1.807, 2.05) is 18.3 Å². The second kappa shape index (κ2) is 11.6. The van der Waals surface area contributed by atoms with Crippen LogP contribution < -0.4 is 15.1 Å². The molecule has 7 heteroatoms. The summed E-state index contributed by atoms with van der Waals surface area (Å²) in [5.74, 6) is 1.29. The molecule has 1 N–H and O–H groups in total. The van der Waals surface area contributed by atoms with Crippen molar-refractivity contribution in [3.05, 3.63) is 119 Å². The van der Waals surface area contributed by atoms with E-state index >= 15 is 0 Å². The minimum atomic E-state index is -0.132. The van der Waals surface area contributed by atoms with Gasteiger partial charge in [-0.25, -0.2) is 0 Å². The quantitative estimate of drug-likeness (QED) is 0.199. The van der Waals surface area contributed by atoms with E-state index in [2.05, 4.69) is 120 Å². The molecular weight excluding hydrogens is 582 g/mol. The van der Waals surface area contributed by atoms with Gasteiger partial charge in [0.1, 0.15) is 0 Å². The molecule has 4 heterocycles. The van der Waals surface area contributed by atoms with Gasteiger partial charge in [0.05, 0.1) is 34.2 Å². The van der Waals surface area contributed by atoms with Crippen molar-refractivity contribution in [1.29, 1.82) is 0 Å². The van der Waals surface area contributed by atoms with Gasteiger partial charge < -0.3 is 19.7 Å². The number of halogens is 1. The smallest absolute Gasteiger partial charge is 0.174 e. The standard InChI is InChI=1S/C37H38ClN5S/c1-23-18-24(2)22-41(21-23)34-16-15-28(20-31(34)38)43-36(35(40-37(43)44)32-13-7-8-17-39-32)30-19-25(3)42(26(30)4)33-14-9-11-27-10-5-6-12-29(27)33/h5-17,19-20,23-24,35-36H,18,21-22H2,1-4H3,(H,40,44). The summed E-state index contributed by atoms with van der Waals surface area (Å²) in [6.45, 7) is 11.1. The van der Waals surface area contributed by atoms with Gasteiger partial charge in [-0.1, -0.05) is 67.9 Å². The van der Waals surface area contributed by atoms with Gasteiger partial charge in [-0.2, -0.15) is 0 Å². The van der Waals surface area contributed by atoms with E-state index in [1.54, 1.807) is 0 Å². The highest BCUT2D eigenvalue weighted by Crippen LogP contribution is 2.45. The Hall–Kier alpha value is -3.87. The number of aryl methyl sites for hydroxylation is 1. The molecule has 0 spiro atoms. The number of pyridine rings is 1. The molecule has 0 saturated carbocycles. The molecule has 2 aromatic heterocycles. The van der Waals surface area contributed by atoms with Crippen LogP contribution in [0.15, 0.2) is 91.1 Å². The van der Waals surface area contributed by atoms with E-state index in [0.717, 1.165) is 35.2 Å². The van der Waals surface area contributed by atoms with Crippen LogP contribution in [0.1, 0.15) is 55.0 Å². The predicted molar refractivity (Wildman–Crippen MR) is 187 cm³/mol. The van der Waals surface area contributed by atoms with E-state index in [9.17, 15) is 0 Å². The van der Waals surface area contributed by atoms with Crippen molar-refractivity contribution in [1.82, 2.24) is 14.9 Å². The van der Waals surface area contributed by atoms with Gasteiger partial charge in [-0.3, -0.25) is 4.98 Å². The third-order valence-corrected chi connectivity index (χ3v) is 9.93. The molecule has 0 amide bonds. The molecular formula is C37H38ClN5S. The van der Waals surface area contributed by atoms with Gasteiger partial charge in [0.15, 0.2) is 5.11 Å². The van der Waals surface area contributed by atoms with Gasteiger partial charge in [0.25, 0.3) is 0 Å². The predicted octanol–water partition coefficient (Wildman–Crippen LogP) is 8.96. The monoisotopic (exact) mass is 619 g/mol. The fourth-order valence-electron chi connectivity index (χ4n) is 7.57. The summed E-state index contributed by atoms with van der Waals surface area (Å²) in [6, 6.07) is 29.7. The summed E-state index contributed by atoms with van der Waals surface area (Å²) >= 11 is 13.2. The van der Waals surface area contributed by atoms with Gasteiger partial charge in [-0.05, 0) is 97.7 Å². The molecule has 0 bridgehead atoms. The fourth-order valence-corrected chi connectivity index (χ4v) is 8.21. The minimum absolute atomic E-state index is 0.121. The van der Waals surface area contributed by atoms with Crippen molar-refractivity contribution in [3.8, 4) is 5.69 Å². The molecule has 7 rings (SSSR count). The second-order valence-electron chi connectivity index (χ2n) is 12.6. The van der Waals surface area contributed by atoms with Gasteiger partial charge in [0, 0.05) is 41.7 Å². The van der Waals surface area contributed by atoms with Crippen molar-refractivity contribution >= 4 is 51.1 Å². The molecule has 2 aliphatic heterocycles. The molecule has 3 aromatic carbocycles. The summed E-state index contributed by atoms with van der Waals surface area (Å²) in [4.78, 5) is 9.45. The number of thiocarbonyl (C=S) groups is 1. The minimum Gasteiger partial charge on any atom is -0.370 e. The summed E-state index contributed by atoms with van der Waals surface area (Å²) < 4.78 is 2.38. The largest absolute Gasteiger partial charge is 0.370 e. The maximum Gasteiger partial charge on any atom is 0.174 e. The average Bonchev–Trinajstić information content (AvgIpc) is 3.51. The van der Waals surface area contributed by atoms with E-state index in [4.69, 9.17) is 28.8 Å². The van der Waals surface area contributed by atoms with Crippen molar-refractivity contribution in [2.24, 2.45) is 11.8 Å². The zero-order chi connectivity index (χ0) is 30.5. The number of hydrogen-bond donors (Lipinski definition) is 1. The number of anilines is 2. The Labute approximate surface area is 270 Å². The zero-order valence-corrected chi connectivity index (χ0v) is 27.2. The first-order valence-corrected chi connectivity index (χ1v) is 16.3. The summed E-state index contributed by atoms with van der Waals surface area (Å²) in [5.41, 5.74) is 7.77. The van der Waals surface area contributed by atoms with Crippen molar-refractivity contribution in [2.75, 3.05) is 22.9 Å². The average molecular weight is 620 g/mol. The van der Waals surface area contributed by atoms with E-state index in [1.165, 1.54) is 39.8 Å². The Morgan fingerprint density at radius 1 is 0.864 bits per heavy atom. The van der Waals surface area contributed by atoms with Crippen molar-refractivity contribution in [3.63, 3.8) is 0 Å². The lowest BCUT2D eigenvalue weighted by atomic mass is 9.91. The van der Waals surface area contributed by atoms with Gasteiger partial charge in [-0.15, -0.1) is 0 Å². The fraction of sp³-hybridized carbons (Fsp3) is 0.297. The molecule has 0 radical (unpaired) electrons. The van der Waals surface area contributed by atoms with Gasteiger partial charge in [0.2, 0.25) is 0 Å². The number of rotatable bonds is 5. The van der Waals surface area contributed by atoms with Gasteiger partial charge >= 0.3 is 0 Å². The summed E-state index contributed by atoms with van der Waals surface area (Å²) in [7, 11) is 0. The first kappa shape index (κ1) is 28.9. The van der Waals surface area contributed by atoms with Crippen LogP contribution >= 0.6 is 23.8 Å². The third-order valence-electron chi connectivity index (χ3n) is 9.31. The lowest BCUT2D eigenvalue weighted by molar-refractivity contribution is 0.357. The lowest BCUT2D eigenvalue weighted by Crippen LogP contribution is -2.38. The topological polar surface area (TPSA) is 36.3 Å². The van der Waals surface area contributed by atoms with Crippen LogP contribution in [0.25, 0.3) is 16.5 Å². The summed E-state index contributed by atoms with van der Waals surface area (Å²) in [5, 5.41) is 7.51. The Morgan fingerprint density at radius 3 is 2.36 bits per heavy atom. The number of aromatic nitrogens is 2. The molecule has 4 atom stereocenters. The number of piperidine rings is 1. The number of fused-ring (bicyclic) bond motifs is 1. The molecule has 5 nitrogen and oxygen atoms in total. The highest BCUT2D eigenvalue weighted by molar-refractivity contribution is 7.80. The molecule has 0 aliphatic carbocycles. The van der Waals surface area contributed by atoms with Crippen molar-refractivity contribution in [2.45, 2.75) is 46.2 Å². The number of benzene rings is 3. The van der Waals surface area contributed by atoms with Crippen LogP contribution in [0.2, 0.25) is 5.02 Å². The van der Waals surface area contributed by atoms with E-state index in [-0.39, 0.29) is 12.1 Å². The third kappa shape index (κ3) is 5.04. The Balaban J connectivity index is 1.34. The second-order valence-corrected chi connectivity index (χ2v) is 13.4. The van der Waals surface area contributed by atoms with Crippen molar-refractivity contribution < 1.29 is 0 Å². The van der Waals surface area contributed by atoms with Crippen LogP contribution in [-0.2, 0) is 0 Å². The van der Waals surface area contributed by atoms with E-state index in [0.29, 0.717) is 16.9 Å². The molecule has 44 heavy (non-hydrogen) atoms. The van der Waals surface area contributed by atoms with Crippen LogP contribution in [-0.4, -0.2) is 27.8 Å². The number of nitrogens with one attached hydrogen (secondary N) is 1. The zero-order valence-electron chi connectivity index (χ0n) is 25.7. The first-order valence-electron chi connectivity index (χ1n) is 15.5. The molecule has 5 aromatic rings. The molecule has 2 aliphatic rings. The van der Waals surface area contributed by atoms with Crippen LogP contribution in [0.5, 0.6) is 0 Å². The number of hydrogen-bond acceptors (Lipinski definition) is 3. The Kier molecular flexibility index (Phi) is 7.59. The maximum absolute atomic E-state index is 7.08. The molecule has 2 saturated heterocycles. The molecule has 224 valence electrons. The normalized spacial score (nSPS) is 22.1. The number of nitrogens with zero attached hydrogens (tertiary/aromatic N) is 4. The van der Waals surface area contributed by atoms with E-state index < -0.39 is 0 Å². The summed E-state index contributed by atoms with van der Waals surface area (Å²) in [6.07, 6.45) is 3.11. The van der Waals surface area contributed by atoms with Crippen LogP contribution in [0.3, 0.4) is 0 Å². The maximum atomic E-state index is 7.08. The Morgan fingerprint density at radius 2 is 1.61 bits per heavy atom. The highest BCUT2D eigenvalue weighted by Gasteiger charge is 2.42. The van der Waals surface area contributed by atoms with Crippen LogP contribution in [0.4, 0.5) is 11.4 Å². The van der Waals surface area contributed by atoms with Crippen LogP contribution in [0, 0.1) is 25.7 Å². The SMILES string of the molecule is Cc1cc(C2C(c3ccccn3)NC(=S)N2c2ccc(N3CC(C)CC(C)C3)c(Cl)c2)c(C)n1-c1cccc2ccccc12. The molecule has 4 unspecified atom stereocenters. The highest BCUT2D eigenvalue weighted by atomic mass is 35.5. The lowest BCUT2D eigenvalue weighted by Gasteiger charge is -2.37. The Bertz CT molecular complexity index is 1830. The molecule has 2 fully saturated rings. The first-order chi connectivity index (χ1) is 21.3.